The van der Waals surface area contributed by atoms with Gasteiger partial charge >= 0.3 is 0 Å². The molecule has 122 valence electrons. The van der Waals surface area contributed by atoms with Crippen molar-refractivity contribution in [1.82, 2.24) is 10.6 Å². The molecule has 0 aromatic heterocycles. The standard InChI is InChI=1S/C16H24N4O.HI/c1-17-16(20-14-10-6-3-7-11-14)18-12-15(21)19-13-8-4-2-5-9-13;/h2,4-5,8-9,14H,3,6-7,10-12H2,1H3,(H,19,21)(H2,17,18,20);1H. The zero-order valence-corrected chi connectivity index (χ0v) is 15.3. The number of guanidine groups is 1. The number of halogens is 1. The van der Waals surface area contributed by atoms with Crippen molar-refractivity contribution in [3.05, 3.63) is 30.3 Å². The number of hydrogen-bond donors (Lipinski definition) is 3. The Morgan fingerprint density at radius 2 is 1.86 bits per heavy atom. The number of para-hydroxylation sites is 1. The van der Waals surface area contributed by atoms with E-state index in [2.05, 4.69) is 20.9 Å². The number of carbonyl (C=O) groups excluding carboxylic acids is 1. The van der Waals surface area contributed by atoms with Crippen LogP contribution in [0.5, 0.6) is 0 Å². The van der Waals surface area contributed by atoms with Crippen LogP contribution in [0.1, 0.15) is 32.1 Å². The molecule has 0 saturated heterocycles. The van der Waals surface area contributed by atoms with E-state index < -0.39 is 0 Å². The van der Waals surface area contributed by atoms with Gasteiger partial charge in [-0.2, -0.15) is 0 Å². The fourth-order valence-corrected chi connectivity index (χ4v) is 2.53. The summed E-state index contributed by atoms with van der Waals surface area (Å²) in [6.07, 6.45) is 6.21. The van der Waals surface area contributed by atoms with Gasteiger partial charge in [0.15, 0.2) is 5.96 Å². The molecule has 1 amide bonds. The number of anilines is 1. The first kappa shape index (κ1) is 18.7. The Morgan fingerprint density at radius 1 is 1.18 bits per heavy atom. The van der Waals surface area contributed by atoms with Gasteiger partial charge in [-0.25, -0.2) is 0 Å². The van der Waals surface area contributed by atoms with Crippen LogP contribution in [0.4, 0.5) is 5.69 Å². The van der Waals surface area contributed by atoms with Crippen LogP contribution in [0.25, 0.3) is 0 Å². The second-order valence-electron chi connectivity index (χ2n) is 5.32. The molecule has 22 heavy (non-hydrogen) atoms. The van der Waals surface area contributed by atoms with Gasteiger partial charge < -0.3 is 16.0 Å². The number of nitrogens with one attached hydrogen (secondary N) is 3. The molecule has 0 bridgehead atoms. The van der Waals surface area contributed by atoms with E-state index in [0.29, 0.717) is 12.0 Å². The first-order valence-corrected chi connectivity index (χ1v) is 7.60. The molecular weight excluding hydrogens is 391 g/mol. The molecule has 5 nitrogen and oxygen atoms in total. The lowest BCUT2D eigenvalue weighted by Gasteiger charge is -2.24. The molecule has 1 fully saturated rings. The molecule has 1 aliphatic carbocycles. The van der Waals surface area contributed by atoms with Gasteiger partial charge in [-0.05, 0) is 25.0 Å². The van der Waals surface area contributed by atoms with E-state index in [-0.39, 0.29) is 36.4 Å². The van der Waals surface area contributed by atoms with E-state index in [1.807, 2.05) is 30.3 Å². The molecule has 0 atom stereocenters. The second-order valence-corrected chi connectivity index (χ2v) is 5.32. The van der Waals surface area contributed by atoms with Gasteiger partial charge in [0, 0.05) is 18.8 Å². The first-order valence-electron chi connectivity index (χ1n) is 7.60. The number of carbonyl (C=O) groups is 1. The van der Waals surface area contributed by atoms with Gasteiger partial charge in [-0.1, -0.05) is 37.5 Å². The fourth-order valence-electron chi connectivity index (χ4n) is 2.53. The summed E-state index contributed by atoms with van der Waals surface area (Å²) in [7, 11) is 1.73. The lowest BCUT2D eigenvalue weighted by Crippen LogP contribution is -2.46. The number of nitrogens with zero attached hydrogens (tertiary/aromatic N) is 1. The van der Waals surface area contributed by atoms with E-state index in [1.54, 1.807) is 7.05 Å². The Labute approximate surface area is 149 Å². The van der Waals surface area contributed by atoms with Crippen LogP contribution in [0, 0.1) is 0 Å². The fraction of sp³-hybridized carbons (Fsp3) is 0.500. The van der Waals surface area contributed by atoms with E-state index >= 15 is 0 Å². The average molecular weight is 416 g/mol. The minimum Gasteiger partial charge on any atom is -0.354 e. The summed E-state index contributed by atoms with van der Waals surface area (Å²) in [5, 5.41) is 9.29. The molecule has 1 aromatic carbocycles. The highest BCUT2D eigenvalue weighted by atomic mass is 127. The van der Waals surface area contributed by atoms with Gasteiger partial charge in [-0.3, -0.25) is 9.79 Å². The van der Waals surface area contributed by atoms with Crippen LogP contribution < -0.4 is 16.0 Å². The smallest absolute Gasteiger partial charge is 0.243 e. The van der Waals surface area contributed by atoms with Gasteiger partial charge in [0.1, 0.15) is 0 Å². The Kier molecular flexibility index (Phi) is 8.88. The SMILES string of the molecule is CN=C(NCC(=O)Nc1ccccc1)NC1CCCCC1.I. The summed E-state index contributed by atoms with van der Waals surface area (Å²) in [6, 6.07) is 9.92. The molecule has 0 radical (unpaired) electrons. The summed E-state index contributed by atoms with van der Waals surface area (Å²) in [6.45, 7) is 0.210. The van der Waals surface area contributed by atoms with E-state index in [9.17, 15) is 4.79 Å². The van der Waals surface area contributed by atoms with Crippen molar-refractivity contribution in [2.75, 3.05) is 18.9 Å². The third-order valence-electron chi connectivity index (χ3n) is 3.64. The van der Waals surface area contributed by atoms with Gasteiger partial charge in [0.25, 0.3) is 0 Å². The Morgan fingerprint density at radius 3 is 2.50 bits per heavy atom. The van der Waals surface area contributed by atoms with Crippen LogP contribution >= 0.6 is 24.0 Å². The molecule has 6 heteroatoms. The summed E-state index contributed by atoms with van der Waals surface area (Å²) in [5.74, 6) is 0.623. The maximum atomic E-state index is 11.9. The summed E-state index contributed by atoms with van der Waals surface area (Å²) >= 11 is 0. The number of amides is 1. The predicted molar refractivity (Wildman–Crippen MR) is 102 cm³/mol. The molecule has 0 spiro atoms. The first-order chi connectivity index (χ1) is 10.3. The third kappa shape index (κ3) is 6.64. The third-order valence-corrected chi connectivity index (χ3v) is 3.64. The zero-order valence-electron chi connectivity index (χ0n) is 13.0. The summed E-state index contributed by atoms with van der Waals surface area (Å²) in [4.78, 5) is 16.0. The van der Waals surface area contributed by atoms with E-state index in [0.717, 1.165) is 5.69 Å². The average Bonchev–Trinajstić information content (AvgIpc) is 2.53. The predicted octanol–water partition coefficient (Wildman–Crippen LogP) is 2.74. The highest BCUT2D eigenvalue weighted by Crippen LogP contribution is 2.17. The second kappa shape index (κ2) is 10.4. The molecule has 0 unspecified atom stereocenters. The van der Waals surface area contributed by atoms with Crippen LogP contribution in [0.2, 0.25) is 0 Å². The van der Waals surface area contributed by atoms with Crippen molar-refractivity contribution < 1.29 is 4.79 Å². The van der Waals surface area contributed by atoms with Crippen LogP contribution in [-0.4, -0.2) is 31.5 Å². The molecule has 1 aromatic rings. The minimum absolute atomic E-state index is 0. The molecule has 2 rings (SSSR count). The Hall–Kier alpha value is -1.31. The molecule has 1 aliphatic rings. The van der Waals surface area contributed by atoms with Crippen molar-refractivity contribution in [3.8, 4) is 0 Å². The number of hydrogen-bond acceptors (Lipinski definition) is 2. The summed E-state index contributed by atoms with van der Waals surface area (Å²) < 4.78 is 0. The Balaban J connectivity index is 0.00000242. The Bertz CT molecular complexity index is 472. The molecule has 1 saturated carbocycles. The minimum atomic E-state index is -0.0761. The van der Waals surface area contributed by atoms with Crippen molar-refractivity contribution in [3.63, 3.8) is 0 Å². The maximum Gasteiger partial charge on any atom is 0.243 e. The number of aliphatic imine (C=N–C) groups is 1. The zero-order chi connectivity index (χ0) is 14.9. The molecular formula is C16H25IN4O. The van der Waals surface area contributed by atoms with Crippen molar-refractivity contribution >= 4 is 41.5 Å². The van der Waals surface area contributed by atoms with Crippen LogP contribution in [0.15, 0.2) is 35.3 Å². The molecule has 0 aliphatic heterocycles. The summed E-state index contributed by atoms with van der Waals surface area (Å²) in [5.41, 5.74) is 0.805. The lowest BCUT2D eigenvalue weighted by molar-refractivity contribution is -0.115. The van der Waals surface area contributed by atoms with Crippen LogP contribution in [-0.2, 0) is 4.79 Å². The molecule has 3 N–H and O–H groups in total. The van der Waals surface area contributed by atoms with Gasteiger partial charge in [-0.15, -0.1) is 24.0 Å². The number of rotatable bonds is 4. The topological polar surface area (TPSA) is 65.5 Å². The van der Waals surface area contributed by atoms with Gasteiger partial charge in [0.05, 0.1) is 6.54 Å². The molecule has 0 heterocycles. The quantitative estimate of drug-likeness (QED) is 0.402. The highest BCUT2D eigenvalue weighted by Gasteiger charge is 2.14. The van der Waals surface area contributed by atoms with Crippen molar-refractivity contribution in [2.24, 2.45) is 4.99 Å². The largest absolute Gasteiger partial charge is 0.354 e. The van der Waals surface area contributed by atoms with E-state index in [4.69, 9.17) is 0 Å². The maximum absolute atomic E-state index is 11.9. The van der Waals surface area contributed by atoms with Crippen molar-refractivity contribution in [1.29, 1.82) is 0 Å². The van der Waals surface area contributed by atoms with Crippen molar-refractivity contribution in [2.45, 2.75) is 38.1 Å². The normalized spacial score (nSPS) is 15.6. The number of benzene rings is 1. The van der Waals surface area contributed by atoms with Crippen LogP contribution in [0.3, 0.4) is 0 Å². The van der Waals surface area contributed by atoms with Gasteiger partial charge in [0.2, 0.25) is 5.91 Å². The monoisotopic (exact) mass is 416 g/mol. The highest BCUT2D eigenvalue weighted by molar-refractivity contribution is 14.0. The lowest BCUT2D eigenvalue weighted by atomic mass is 9.96. The van der Waals surface area contributed by atoms with E-state index in [1.165, 1.54) is 32.1 Å².